The number of nitrogens with zero attached hydrogens (tertiary/aromatic N) is 2. The van der Waals surface area contributed by atoms with Crippen molar-refractivity contribution in [3.8, 4) is 17.0 Å². The molecular weight excluding hydrogens is 354 g/mol. The summed E-state index contributed by atoms with van der Waals surface area (Å²) < 4.78 is 6.91. The highest BCUT2D eigenvalue weighted by Crippen LogP contribution is 2.19. The average molecular weight is 377 g/mol. The molecule has 3 aromatic rings. The first kappa shape index (κ1) is 19.4. The minimum Gasteiger partial charge on any atom is -0.494 e. The van der Waals surface area contributed by atoms with E-state index in [1.807, 2.05) is 61.5 Å². The third kappa shape index (κ3) is 5.30. The fourth-order valence-corrected chi connectivity index (χ4v) is 2.80. The lowest BCUT2D eigenvalue weighted by Crippen LogP contribution is -2.31. The van der Waals surface area contributed by atoms with Gasteiger partial charge in [-0.05, 0) is 36.8 Å². The number of benzene rings is 2. The lowest BCUT2D eigenvalue weighted by Gasteiger charge is -2.09. The van der Waals surface area contributed by atoms with Crippen LogP contribution in [0.3, 0.4) is 0 Å². The zero-order valence-corrected chi connectivity index (χ0v) is 15.8. The van der Waals surface area contributed by atoms with Crippen LogP contribution in [0.25, 0.3) is 11.3 Å². The molecule has 1 heterocycles. The van der Waals surface area contributed by atoms with Gasteiger partial charge < -0.3 is 10.1 Å². The summed E-state index contributed by atoms with van der Waals surface area (Å²) in [6.45, 7) is 3.28. The molecule has 0 aliphatic carbocycles. The Balaban J connectivity index is 1.55. The monoisotopic (exact) mass is 377 g/mol. The second kappa shape index (κ2) is 9.50. The van der Waals surface area contributed by atoms with E-state index in [4.69, 9.17) is 4.74 Å². The van der Waals surface area contributed by atoms with Gasteiger partial charge >= 0.3 is 0 Å². The SMILES string of the molecule is CCOc1ccc(-c2cc(=O)n(CCNC(=O)Cc3ccccc3)cn2)cc1. The zero-order valence-electron chi connectivity index (χ0n) is 15.8. The van der Waals surface area contributed by atoms with Gasteiger partial charge in [-0.25, -0.2) is 4.98 Å². The Morgan fingerprint density at radius 2 is 1.86 bits per heavy atom. The molecule has 0 radical (unpaired) electrons. The van der Waals surface area contributed by atoms with Gasteiger partial charge in [0.05, 0.1) is 25.0 Å². The summed E-state index contributed by atoms with van der Waals surface area (Å²) in [5, 5.41) is 2.83. The van der Waals surface area contributed by atoms with Crippen LogP contribution in [0, 0.1) is 0 Å². The van der Waals surface area contributed by atoms with Gasteiger partial charge in [-0.1, -0.05) is 30.3 Å². The van der Waals surface area contributed by atoms with Crippen LogP contribution in [0.2, 0.25) is 0 Å². The Morgan fingerprint density at radius 3 is 2.54 bits per heavy atom. The highest BCUT2D eigenvalue weighted by molar-refractivity contribution is 5.78. The van der Waals surface area contributed by atoms with Crippen molar-refractivity contribution in [3.05, 3.63) is 82.9 Å². The smallest absolute Gasteiger partial charge is 0.253 e. The van der Waals surface area contributed by atoms with Crippen LogP contribution in [0.15, 0.2) is 71.8 Å². The number of hydrogen-bond acceptors (Lipinski definition) is 4. The summed E-state index contributed by atoms with van der Waals surface area (Å²) in [5.41, 5.74) is 2.26. The van der Waals surface area contributed by atoms with Crippen molar-refractivity contribution < 1.29 is 9.53 Å². The molecule has 0 saturated heterocycles. The van der Waals surface area contributed by atoms with Gasteiger partial charge in [0.15, 0.2) is 0 Å². The van der Waals surface area contributed by atoms with Crippen molar-refractivity contribution in [3.63, 3.8) is 0 Å². The highest BCUT2D eigenvalue weighted by Gasteiger charge is 2.05. The molecule has 0 spiro atoms. The van der Waals surface area contributed by atoms with Gasteiger partial charge in [0.2, 0.25) is 5.91 Å². The molecule has 0 fully saturated rings. The van der Waals surface area contributed by atoms with Gasteiger partial charge in [-0.2, -0.15) is 0 Å². The molecule has 6 nitrogen and oxygen atoms in total. The Hall–Kier alpha value is -3.41. The molecular formula is C22H23N3O3. The summed E-state index contributed by atoms with van der Waals surface area (Å²) in [6.07, 6.45) is 1.84. The molecule has 2 aromatic carbocycles. The van der Waals surface area contributed by atoms with Crippen LogP contribution in [-0.4, -0.2) is 28.6 Å². The summed E-state index contributed by atoms with van der Waals surface area (Å²) in [5.74, 6) is 0.712. The minimum atomic E-state index is -0.156. The van der Waals surface area contributed by atoms with Crippen molar-refractivity contribution in [1.29, 1.82) is 0 Å². The van der Waals surface area contributed by atoms with Gasteiger partial charge in [-0.3, -0.25) is 14.2 Å². The number of rotatable bonds is 8. The first-order valence-electron chi connectivity index (χ1n) is 9.26. The first-order valence-corrected chi connectivity index (χ1v) is 9.26. The molecule has 0 aliphatic heterocycles. The van der Waals surface area contributed by atoms with Gasteiger partial charge in [-0.15, -0.1) is 0 Å². The minimum absolute atomic E-state index is 0.0711. The predicted molar refractivity (Wildman–Crippen MR) is 108 cm³/mol. The number of nitrogens with one attached hydrogen (secondary N) is 1. The fraction of sp³-hybridized carbons (Fsp3) is 0.227. The Labute approximate surface area is 163 Å². The second-order valence-electron chi connectivity index (χ2n) is 6.28. The van der Waals surface area contributed by atoms with Crippen molar-refractivity contribution in [1.82, 2.24) is 14.9 Å². The predicted octanol–water partition coefficient (Wildman–Crippen LogP) is 2.67. The molecule has 1 amide bonds. The molecule has 0 saturated carbocycles. The maximum atomic E-state index is 12.3. The van der Waals surface area contributed by atoms with Crippen LogP contribution < -0.4 is 15.6 Å². The number of aromatic nitrogens is 2. The van der Waals surface area contributed by atoms with E-state index in [9.17, 15) is 9.59 Å². The van der Waals surface area contributed by atoms with E-state index in [1.54, 1.807) is 0 Å². The molecule has 1 N–H and O–H groups in total. The number of hydrogen-bond donors (Lipinski definition) is 1. The van der Waals surface area contributed by atoms with Crippen molar-refractivity contribution in [2.24, 2.45) is 0 Å². The highest BCUT2D eigenvalue weighted by atomic mass is 16.5. The fourth-order valence-electron chi connectivity index (χ4n) is 2.80. The molecule has 144 valence electrons. The third-order valence-corrected chi connectivity index (χ3v) is 4.22. The Kier molecular flexibility index (Phi) is 6.57. The zero-order chi connectivity index (χ0) is 19.8. The standard InChI is InChI=1S/C22H23N3O3/c1-2-28-19-10-8-18(9-11-19)20-15-22(27)25(16-24-20)13-12-23-21(26)14-17-6-4-3-5-7-17/h3-11,15-16H,2,12-14H2,1H3,(H,23,26). The van der Waals surface area contributed by atoms with E-state index >= 15 is 0 Å². The lowest BCUT2D eigenvalue weighted by atomic mass is 10.1. The van der Waals surface area contributed by atoms with E-state index in [-0.39, 0.29) is 11.5 Å². The largest absolute Gasteiger partial charge is 0.494 e. The summed E-state index contributed by atoms with van der Waals surface area (Å²) in [4.78, 5) is 28.7. The van der Waals surface area contributed by atoms with Crippen LogP contribution in [0.4, 0.5) is 0 Å². The van der Waals surface area contributed by atoms with Crippen LogP contribution >= 0.6 is 0 Å². The van der Waals surface area contributed by atoms with Crippen LogP contribution in [0.5, 0.6) is 5.75 Å². The number of amides is 1. The Morgan fingerprint density at radius 1 is 1.11 bits per heavy atom. The van der Waals surface area contributed by atoms with Gasteiger partial charge in [0.25, 0.3) is 5.56 Å². The number of ether oxygens (including phenoxy) is 1. The molecule has 3 rings (SSSR count). The van der Waals surface area contributed by atoms with Crippen molar-refractivity contribution in [2.45, 2.75) is 19.9 Å². The normalized spacial score (nSPS) is 10.5. The van der Waals surface area contributed by atoms with E-state index in [0.29, 0.717) is 31.8 Å². The number of carbonyl (C=O) groups is 1. The third-order valence-electron chi connectivity index (χ3n) is 4.22. The van der Waals surface area contributed by atoms with Crippen molar-refractivity contribution >= 4 is 5.91 Å². The van der Waals surface area contributed by atoms with Gasteiger partial charge in [0.1, 0.15) is 5.75 Å². The molecule has 6 heteroatoms. The average Bonchev–Trinajstić information content (AvgIpc) is 2.71. The molecule has 0 unspecified atom stereocenters. The molecule has 28 heavy (non-hydrogen) atoms. The van der Waals surface area contributed by atoms with E-state index in [0.717, 1.165) is 16.9 Å². The van der Waals surface area contributed by atoms with Crippen LogP contribution in [-0.2, 0) is 17.8 Å². The topological polar surface area (TPSA) is 73.2 Å². The first-order chi connectivity index (χ1) is 13.7. The molecule has 1 aromatic heterocycles. The van der Waals surface area contributed by atoms with E-state index in [2.05, 4.69) is 10.3 Å². The summed E-state index contributed by atoms with van der Waals surface area (Å²) in [7, 11) is 0. The molecule has 0 aliphatic rings. The van der Waals surface area contributed by atoms with E-state index < -0.39 is 0 Å². The van der Waals surface area contributed by atoms with E-state index in [1.165, 1.54) is 17.0 Å². The Bertz CT molecular complexity index is 966. The maximum Gasteiger partial charge on any atom is 0.253 e. The van der Waals surface area contributed by atoms with Crippen LogP contribution in [0.1, 0.15) is 12.5 Å². The number of carbonyl (C=O) groups excluding carboxylic acids is 1. The van der Waals surface area contributed by atoms with Crippen molar-refractivity contribution in [2.75, 3.05) is 13.2 Å². The maximum absolute atomic E-state index is 12.3. The quantitative estimate of drug-likeness (QED) is 0.655. The lowest BCUT2D eigenvalue weighted by molar-refractivity contribution is -0.120. The molecule has 0 bridgehead atoms. The second-order valence-corrected chi connectivity index (χ2v) is 6.28. The van der Waals surface area contributed by atoms with Gasteiger partial charge in [0, 0.05) is 24.7 Å². The molecule has 0 atom stereocenters. The summed E-state index contributed by atoms with van der Waals surface area (Å²) >= 11 is 0. The summed E-state index contributed by atoms with van der Waals surface area (Å²) in [6, 6.07) is 18.5.